The van der Waals surface area contributed by atoms with Crippen molar-refractivity contribution in [3.63, 3.8) is 0 Å². The number of sulfone groups is 1. The topological polar surface area (TPSA) is 128 Å². The molecule has 1 N–H and O–H groups in total. The molecule has 2 aromatic heterocycles. The number of nitrogens with one attached hydrogen (secondary N) is 1. The van der Waals surface area contributed by atoms with Gasteiger partial charge in [0.25, 0.3) is 10.0 Å². The second-order valence-electron chi connectivity index (χ2n) is 6.23. The van der Waals surface area contributed by atoms with Crippen LogP contribution in [0.5, 0.6) is 0 Å². The van der Waals surface area contributed by atoms with Gasteiger partial charge in [0.2, 0.25) is 14.2 Å². The summed E-state index contributed by atoms with van der Waals surface area (Å²) in [6.45, 7) is 1.53. The fourth-order valence-electron chi connectivity index (χ4n) is 2.72. The highest BCUT2D eigenvalue weighted by atomic mass is 32.2. The smallest absolute Gasteiger partial charge is 0.408 e. The number of aryl methyl sites for hydroxylation is 1. The molecule has 0 aliphatic carbocycles. The summed E-state index contributed by atoms with van der Waals surface area (Å²) in [5.74, 6) is -0.652. The monoisotopic (exact) mass is 453 g/mol. The van der Waals surface area contributed by atoms with Gasteiger partial charge in [0.05, 0.1) is 32.1 Å². The van der Waals surface area contributed by atoms with E-state index in [1.54, 1.807) is 6.07 Å². The highest BCUT2D eigenvalue weighted by Crippen LogP contribution is 2.29. The summed E-state index contributed by atoms with van der Waals surface area (Å²) in [6, 6.07) is 8.72. The van der Waals surface area contributed by atoms with Crippen molar-refractivity contribution in [1.82, 2.24) is 9.55 Å². The van der Waals surface area contributed by atoms with Gasteiger partial charge in [-0.1, -0.05) is 6.92 Å². The SMILES string of the molecule is CCS(=O)(=O)c1nc2ccc(NS(=O)(=O)c3ccc4c(c3)oc(=O)n4C)cc2s1. The summed E-state index contributed by atoms with van der Waals surface area (Å²) in [5.41, 5.74) is 1.37. The van der Waals surface area contributed by atoms with Crippen molar-refractivity contribution in [2.45, 2.75) is 16.2 Å². The Morgan fingerprint density at radius 1 is 1.14 bits per heavy atom. The Morgan fingerprint density at radius 2 is 1.90 bits per heavy atom. The predicted molar refractivity (Wildman–Crippen MR) is 110 cm³/mol. The molecule has 2 heterocycles. The normalized spacial score (nSPS) is 12.6. The molecule has 0 spiro atoms. The number of anilines is 1. The first-order valence-electron chi connectivity index (χ1n) is 8.36. The minimum Gasteiger partial charge on any atom is -0.408 e. The van der Waals surface area contributed by atoms with Crippen LogP contribution < -0.4 is 10.5 Å². The number of aromatic nitrogens is 2. The standard InChI is InChI=1S/C17H15N3O6S3/c1-3-28(22,23)16-18-12-6-4-10(8-15(12)27-16)19-29(24,25)11-5-7-13-14(9-11)26-17(21)20(13)2/h4-9,19H,3H2,1-2H3. The van der Waals surface area contributed by atoms with Gasteiger partial charge in [-0.05, 0) is 30.3 Å². The molecular weight excluding hydrogens is 438 g/mol. The predicted octanol–water partition coefficient (Wildman–Crippen LogP) is 2.34. The molecule has 0 bridgehead atoms. The van der Waals surface area contributed by atoms with Crippen molar-refractivity contribution in [2.24, 2.45) is 7.05 Å². The Hall–Kier alpha value is -2.70. The van der Waals surface area contributed by atoms with E-state index in [9.17, 15) is 21.6 Å². The molecule has 2 aromatic carbocycles. The number of oxazole rings is 1. The van der Waals surface area contributed by atoms with Crippen molar-refractivity contribution < 1.29 is 21.3 Å². The summed E-state index contributed by atoms with van der Waals surface area (Å²) >= 11 is 0.985. The van der Waals surface area contributed by atoms with Gasteiger partial charge in [0.15, 0.2) is 5.58 Å². The lowest BCUT2D eigenvalue weighted by Crippen LogP contribution is -2.12. The van der Waals surface area contributed by atoms with Gasteiger partial charge in [-0.3, -0.25) is 9.29 Å². The highest BCUT2D eigenvalue weighted by molar-refractivity contribution is 7.93. The van der Waals surface area contributed by atoms with E-state index in [0.29, 0.717) is 15.7 Å². The van der Waals surface area contributed by atoms with E-state index in [0.717, 1.165) is 11.3 Å². The maximum absolute atomic E-state index is 12.7. The van der Waals surface area contributed by atoms with E-state index >= 15 is 0 Å². The van der Waals surface area contributed by atoms with Crippen LogP contribution in [0.2, 0.25) is 0 Å². The summed E-state index contributed by atoms with van der Waals surface area (Å²) in [5, 5.41) is 0. The lowest BCUT2D eigenvalue weighted by atomic mass is 10.3. The molecule has 9 nitrogen and oxygen atoms in total. The zero-order chi connectivity index (χ0) is 21.0. The Kier molecular flexibility index (Phi) is 4.52. The minimum atomic E-state index is -3.96. The number of fused-ring (bicyclic) bond motifs is 2. The van der Waals surface area contributed by atoms with Gasteiger partial charge in [-0.2, -0.15) is 0 Å². The van der Waals surface area contributed by atoms with Gasteiger partial charge in [-0.25, -0.2) is 26.6 Å². The minimum absolute atomic E-state index is 0.000403. The number of thiazole rings is 1. The summed E-state index contributed by atoms with van der Waals surface area (Å²) < 4.78 is 58.8. The van der Waals surface area contributed by atoms with E-state index in [1.807, 2.05) is 0 Å². The molecule has 0 radical (unpaired) electrons. The lowest BCUT2D eigenvalue weighted by molar-refractivity contribution is 0.527. The second kappa shape index (κ2) is 6.68. The highest BCUT2D eigenvalue weighted by Gasteiger charge is 2.20. The van der Waals surface area contributed by atoms with Gasteiger partial charge in [-0.15, -0.1) is 11.3 Å². The average molecular weight is 454 g/mol. The molecule has 0 unspecified atom stereocenters. The van der Waals surface area contributed by atoms with Crippen molar-refractivity contribution >= 4 is 58.2 Å². The van der Waals surface area contributed by atoms with E-state index in [4.69, 9.17) is 4.42 Å². The van der Waals surface area contributed by atoms with Crippen LogP contribution in [0.25, 0.3) is 21.3 Å². The molecular formula is C17H15N3O6S3. The van der Waals surface area contributed by atoms with Crippen LogP contribution in [0, 0.1) is 0 Å². The van der Waals surface area contributed by atoms with Crippen LogP contribution in [-0.2, 0) is 26.9 Å². The van der Waals surface area contributed by atoms with Crippen LogP contribution >= 0.6 is 11.3 Å². The number of sulfonamides is 1. The molecule has 0 aliphatic rings. The second-order valence-corrected chi connectivity index (χ2v) is 11.4. The number of nitrogens with zero attached hydrogens (tertiary/aromatic N) is 2. The van der Waals surface area contributed by atoms with Crippen LogP contribution in [0.15, 0.2) is 54.8 Å². The third-order valence-corrected chi connectivity index (χ3v) is 8.93. The first kappa shape index (κ1) is 19.6. The summed E-state index contributed by atoms with van der Waals surface area (Å²) in [6.07, 6.45) is 0. The number of rotatable bonds is 5. The summed E-state index contributed by atoms with van der Waals surface area (Å²) in [4.78, 5) is 15.6. The number of hydrogen-bond acceptors (Lipinski definition) is 8. The maximum atomic E-state index is 12.7. The van der Waals surface area contributed by atoms with Crippen molar-refractivity contribution in [1.29, 1.82) is 0 Å². The van der Waals surface area contributed by atoms with Crippen LogP contribution in [-0.4, -0.2) is 32.1 Å². The van der Waals surface area contributed by atoms with Crippen LogP contribution in [0.3, 0.4) is 0 Å². The van der Waals surface area contributed by atoms with Gasteiger partial charge < -0.3 is 4.42 Å². The Morgan fingerprint density at radius 3 is 2.62 bits per heavy atom. The quantitative estimate of drug-likeness (QED) is 0.491. The van der Waals surface area contributed by atoms with Gasteiger partial charge in [0.1, 0.15) is 0 Å². The fourth-order valence-corrected chi connectivity index (χ4v) is 6.13. The van der Waals surface area contributed by atoms with E-state index in [1.165, 1.54) is 48.9 Å². The fraction of sp³-hybridized carbons (Fsp3) is 0.176. The van der Waals surface area contributed by atoms with Gasteiger partial charge >= 0.3 is 5.76 Å². The maximum Gasteiger partial charge on any atom is 0.419 e. The molecule has 0 saturated carbocycles. The first-order chi connectivity index (χ1) is 13.6. The molecule has 4 aromatic rings. The first-order valence-corrected chi connectivity index (χ1v) is 12.3. The molecule has 29 heavy (non-hydrogen) atoms. The third-order valence-electron chi connectivity index (χ3n) is 4.34. The average Bonchev–Trinajstić information content (AvgIpc) is 3.22. The number of benzene rings is 2. The van der Waals surface area contributed by atoms with Crippen molar-refractivity contribution in [2.75, 3.05) is 10.5 Å². The van der Waals surface area contributed by atoms with Crippen LogP contribution in [0.1, 0.15) is 6.92 Å². The molecule has 0 aliphatic heterocycles. The zero-order valence-corrected chi connectivity index (χ0v) is 17.7. The lowest BCUT2D eigenvalue weighted by Gasteiger charge is -2.08. The van der Waals surface area contributed by atoms with E-state index in [-0.39, 0.29) is 26.3 Å². The number of hydrogen-bond donors (Lipinski definition) is 1. The largest absolute Gasteiger partial charge is 0.419 e. The zero-order valence-electron chi connectivity index (χ0n) is 15.2. The van der Waals surface area contributed by atoms with E-state index in [2.05, 4.69) is 9.71 Å². The molecule has 0 amide bonds. The van der Waals surface area contributed by atoms with E-state index < -0.39 is 25.6 Å². The van der Waals surface area contributed by atoms with Crippen molar-refractivity contribution in [3.05, 3.63) is 46.9 Å². The Bertz CT molecular complexity index is 1530. The molecule has 12 heteroatoms. The molecule has 0 atom stereocenters. The Balaban J connectivity index is 1.70. The van der Waals surface area contributed by atoms with Gasteiger partial charge in [0, 0.05) is 13.1 Å². The molecule has 0 fully saturated rings. The molecule has 152 valence electrons. The van der Waals surface area contributed by atoms with Crippen LogP contribution in [0.4, 0.5) is 5.69 Å². The van der Waals surface area contributed by atoms with Crippen molar-refractivity contribution in [3.8, 4) is 0 Å². The summed E-state index contributed by atoms with van der Waals surface area (Å²) in [7, 11) is -5.88. The molecule has 0 saturated heterocycles. The Labute approximate surface area is 169 Å². The third kappa shape index (κ3) is 3.43. The molecule has 4 rings (SSSR count).